The minimum Gasteiger partial charge on any atom is -0.349 e. The van der Waals surface area contributed by atoms with E-state index >= 15 is 0 Å². The molecule has 28 heavy (non-hydrogen) atoms. The number of para-hydroxylation sites is 2. The molecule has 0 radical (unpaired) electrons. The molecule has 0 saturated heterocycles. The molecule has 2 heteroatoms. The zero-order chi connectivity index (χ0) is 19.7. The van der Waals surface area contributed by atoms with Crippen LogP contribution in [0.1, 0.15) is 43.0 Å². The lowest BCUT2D eigenvalue weighted by atomic mass is 9.86. The number of aryl methyl sites for hydroxylation is 1. The Morgan fingerprint density at radius 3 is 2.07 bits per heavy atom. The lowest BCUT2D eigenvalue weighted by Crippen LogP contribution is -2.66. The number of hydrogen-bond acceptors (Lipinski definition) is 1. The Morgan fingerprint density at radius 2 is 1.39 bits per heavy atom. The van der Waals surface area contributed by atoms with Crippen LogP contribution in [0.25, 0.3) is 5.70 Å². The van der Waals surface area contributed by atoms with Crippen molar-refractivity contribution in [3.05, 3.63) is 101 Å². The molecule has 1 aliphatic rings. The maximum atomic E-state index is 3.62. The van der Waals surface area contributed by atoms with E-state index in [1.54, 1.807) is 0 Å². The molecular formula is C26H27N2+. The van der Waals surface area contributed by atoms with Crippen LogP contribution < -0.4 is 10.3 Å². The van der Waals surface area contributed by atoms with Gasteiger partial charge >= 0.3 is 0 Å². The number of fused-ring (bicyclic) bond motifs is 1. The predicted molar refractivity (Wildman–Crippen MR) is 119 cm³/mol. The highest BCUT2D eigenvalue weighted by atomic mass is 14.9. The molecular weight excluding hydrogens is 340 g/mol. The largest absolute Gasteiger partial charge is 0.349 e. The van der Waals surface area contributed by atoms with Crippen LogP contribution in [0.15, 0.2) is 78.9 Å². The van der Waals surface area contributed by atoms with Crippen molar-refractivity contribution in [3.63, 3.8) is 0 Å². The highest BCUT2D eigenvalue weighted by Gasteiger charge is 2.20. The first kappa shape index (κ1) is 18.2. The summed E-state index contributed by atoms with van der Waals surface area (Å²) in [5, 5.41) is 3.61. The molecule has 0 saturated carbocycles. The van der Waals surface area contributed by atoms with Crippen molar-refractivity contribution in [3.8, 4) is 0 Å². The van der Waals surface area contributed by atoms with Crippen LogP contribution in [-0.4, -0.2) is 5.71 Å². The van der Waals surface area contributed by atoms with Gasteiger partial charge in [-0.3, -0.25) is 0 Å². The zero-order valence-electron chi connectivity index (χ0n) is 17.0. The van der Waals surface area contributed by atoms with Gasteiger partial charge in [0.05, 0.1) is 5.70 Å². The maximum absolute atomic E-state index is 3.62. The van der Waals surface area contributed by atoms with Gasteiger partial charge in [-0.15, -0.1) is 0 Å². The third-order valence-corrected chi connectivity index (χ3v) is 5.18. The Morgan fingerprint density at radius 1 is 0.750 bits per heavy atom. The maximum Gasteiger partial charge on any atom is 0.227 e. The topological polar surface area (TPSA) is 26.0 Å². The van der Waals surface area contributed by atoms with Gasteiger partial charge in [0.15, 0.2) is 0 Å². The molecule has 0 unspecified atom stereocenters. The number of benzene rings is 3. The highest BCUT2D eigenvalue weighted by Crippen LogP contribution is 2.26. The minimum atomic E-state index is 0.150. The smallest absolute Gasteiger partial charge is 0.227 e. The molecule has 2 nitrogen and oxygen atoms in total. The first-order valence-electron chi connectivity index (χ1n) is 9.80. The third kappa shape index (κ3) is 3.77. The summed E-state index contributed by atoms with van der Waals surface area (Å²) in [4.78, 5) is 3.62. The van der Waals surface area contributed by atoms with Gasteiger partial charge in [-0.05, 0) is 41.7 Å². The van der Waals surface area contributed by atoms with Crippen molar-refractivity contribution in [1.29, 1.82) is 0 Å². The molecule has 4 rings (SSSR count). The van der Waals surface area contributed by atoms with Crippen LogP contribution in [-0.2, 0) is 5.41 Å². The molecule has 0 fully saturated rings. The SMILES string of the molecule is Cc1ccc(C2=CC(c3ccc(C(C)(C)C)cc3)=[NH+]c3ccccc3N2)cc1. The van der Waals surface area contributed by atoms with Crippen molar-refractivity contribution < 1.29 is 4.99 Å². The minimum absolute atomic E-state index is 0.150. The number of allylic oxidation sites excluding steroid dienone is 1. The number of nitrogens with one attached hydrogen (secondary N) is 2. The van der Waals surface area contributed by atoms with Gasteiger partial charge in [-0.25, -0.2) is 4.99 Å². The summed E-state index contributed by atoms with van der Waals surface area (Å²) in [6.07, 6.45) is 2.21. The fraction of sp³-hybridized carbons (Fsp3) is 0.192. The molecule has 2 N–H and O–H groups in total. The van der Waals surface area contributed by atoms with E-state index in [9.17, 15) is 0 Å². The molecule has 1 aliphatic heterocycles. The van der Waals surface area contributed by atoms with Crippen molar-refractivity contribution in [2.24, 2.45) is 0 Å². The summed E-state index contributed by atoms with van der Waals surface area (Å²) in [5.74, 6) is 0. The van der Waals surface area contributed by atoms with E-state index in [1.807, 2.05) is 0 Å². The summed E-state index contributed by atoms with van der Waals surface area (Å²) in [6.45, 7) is 8.85. The number of hydrogen-bond donors (Lipinski definition) is 2. The average molecular weight is 368 g/mol. The first-order valence-corrected chi connectivity index (χ1v) is 9.80. The molecule has 140 valence electrons. The van der Waals surface area contributed by atoms with Gasteiger partial charge in [-0.2, -0.15) is 0 Å². The van der Waals surface area contributed by atoms with Gasteiger partial charge in [-0.1, -0.05) is 74.9 Å². The van der Waals surface area contributed by atoms with Crippen LogP contribution in [0.2, 0.25) is 0 Å². The highest BCUT2D eigenvalue weighted by molar-refractivity contribution is 6.11. The Balaban J connectivity index is 1.81. The van der Waals surface area contributed by atoms with E-state index < -0.39 is 0 Å². The molecule has 3 aromatic rings. The van der Waals surface area contributed by atoms with E-state index in [0.717, 1.165) is 22.8 Å². The summed E-state index contributed by atoms with van der Waals surface area (Å²) in [7, 11) is 0. The Hall–Kier alpha value is -3.13. The monoisotopic (exact) mass is 367 g/mol. The van der Waals surface area contributed by atoms with Crippen molar-refractivity contribution in [1.82, 2.24) is 0 Å². The lowest BCUT2D eigenvalue weighted by molar-refractivity contribution is -0.350. The normalized spacial score (nSPS) is 13.7. The Bertz CT molecular complexity index is 1050. The van der Waals surface area contributed by atoms with Gasteiger partial charge in [0.2, 0.25) is 11.4 Å². The second-order valence-corrected chi connectivity index (χ2v) is 8.46. The fourth-order valence-electron chi connectivity index (χ4n) is 3.40. The lowest BCUT2D eigenvalue weighted by Gasteiger charge is -2.18. The molecule has 0 spiro atoms. The first-order chi connectivity index (χ1) is 13.4. The molecule has 0 aromatic heterocycles. The van der Waals surface area contributed by atoms with Crippen LogP contribution in [0.3, 0.4) is 0 Å². The van der Waals surface area contributed by atoms with E-state index in [4.69, 9.17) is 0 Å². The quantitative estimate of drug-likeness (QED) is 0.658. The summed E-state index contributed by atoms with van der Waals surface area (Å²) >= 11 is 0. The molecule has 1 heterocycles. The van der Waals surface area contributed by atoms with Gasteiger partial charge in [0.25, 0.3) is 0 Å². The fourth-order valence-corrected chi connectivity index (χ4v) is 3.40. The standard InChI is InChI=1S/C26H26N2/c1-18-9-11-19(12-10-18)24-17-25(28-23-8-6-5-7-22(23)27-24)20-13-15-21(16-14-20)26(2,3)4/h5-17,27H,1-4H3/p+1. The third-order valence-electron chi connectivity index (χ3n) is 5.18. The van der Waals surface area contributed by atoms with Crippen LogP contribution in [0.5, 0.6) is 0 Å². The van der Waals surface area contributed by atoms with Gasteiger partial charge < -0.3 is 5.32 Å². The second-order valence-electron chi connectivity index (χ2n) is 8.46. The Labute approximate surface area is 167 Å². The van der Waals surface area contributed by atoms with E-state index in [2.05, 4.69) is 117 Å². The number of rotatable bonds is 2. The zero-order valence-corrected chi connectivity index (χ0v) is 17.0. The van der Waals surface area contributed by atoms with Crippen LogP contribution in [0, 0.1) is 6.92 Å². The van der Waals surface area contributed by atoms with Crippen LogP contribution >= 0.6 is 0 Å². The average Bonchev–Trinajstić information content (AvgIpc) is 2.88. The molecule has 0 amide bonds. The van der Waals surface area contributed by atoms with E-state index in [0.29, 0.717) is 0 Å². The Kier molecular flexibility index (Phi) is 4.64. The predicted octanol–water partition coefficient (Wildman–Crippen LogP) is 4.96. The van der Waals surface area contributed by atoms with Crippen molar-refractivity contribution in [2.45, 2.75) is 33.1 Å². The van der Waals surface area contributed by atoms with Gasteiger partial charge in [0, 0.05) is 17.7 Å². The van der Waals surface area contributed by atoms with Crippen LogP contribution in [0.4, 0.5) is 11.4 Å². The summed E-state index contributed by atoms with van der Waals surface area (Å²) < 4.78 is 0. The molecule has 3 aromatic carbocycles. The summed E-state index contributed by atoms with van der Waals surface area (Å²) in [6, 6.07) is 25.9. The molecule has 0 bridgehead atoms. The van der Waals surface area contributed by atoms with E-state index in [1.165, 1.54) is 22.3 Å². The van der Waals surface area contributed by atoms with Gasteiger partial charge in [0.1, 0.15) is 5.69 Å². The molecule has 0 aliphatic carbocycles. The van der Waals surface area contributed by atoms with E-state index in [-0.39, 0.29) is 5.41 Å². The summed E-state index contributed by atoms with van der Waals surface area (Å²) in [5.41, 5.74) is 9.44. The second kappa shape index (κ2) is 7.12. The van der Waals surface area contributed by atoms with Crippen molar-refractivity contribution >= 4 is 22.8 Å². The molecule has 0 atom stereocenters. The van der Waals surface area contributed by atoms with Crippen molar-refractivity contribution in [2.75, 3.05) is 5.32 Å². The number of anilines is 1.